The van der Waals surface area contributed by atoms with Crippen molar-refractivity contribution in [2.75, 3.05) is 0 Å². The van der Waals surface area contributed by atoms with E-state index in [-0.39, 0.29) is 12.5 Å². The first kappa shape index (κ1) is 19.8. The third kappa shape index (κ3) is 5.08. The number of carbonyl (C=O) groups is 2. The van der Waals surface area contributed by atoms with Crippen LogP contribution >= 0.6 is 0 Å². The number of alkyl halides is 3. The molecule has 1 fully saturated rings. The van der Waals surface area contributed by atoms with Crippen molar-refractivity contribution in [1.82, 2.24) is 21.7 Å². The minimum absolute atomic E-state index is 0.0280. The van der Waals surface area contributed by atoms with Gasteiger partial charge in [-0.3, -0.25) is 20.4 Å². The summed E-state index contributed by atoms with van der Waals surface area (Å²) < 4.78 is 37.6. The minimum Gasteiger partial charge on any atom is -0.273 e. The van der Waals surface area contributed by atoms with E-state index in [0.717, 1.165) is 17.7 Å². The second-order valence-corrected chi connectivity index (χ2v) is 6.45. The number of benzene rings is 2. The standard InChI is InChI=1S/C19H19F3N4O2/c20-19(21,22)14-8-6-12(7-9-14)10-17(27)25-26-18(28)16-11-15(23-24-16)13-4-2-1-3-5-13/h1-9,15-16,23-24H,10-11H2,(H,25,27)(H,26,28). The SMILES string of the molecule is O=C(Cc1ccc(C(F)(F)F)cc1)NNC(=O)C1CC(c2ccccc2)NN1. The lowest BCUT2D eigenvalue weighted by Crippen LogP contribution is -2.50. The number of nitrogens with one attached hydrogen (secondary N) is 4. The van der Waals surface area contributed by atoms with E-state index >= 15 is 0 Å². The van der Waals surface area contributed by atoms with Crippen molar-refractivity contribution in [3.63, 3.8) is 0 Å². The smallest absolute Gasteiger partial charge is 0.273 e. The molecular formula is C19H19F3N4O2. The maximum atomic E-state index is 12.5. The average Bonchev–Trinajstić information content (AvgIpc) is 3.17. The van der Waals surface area contributed by atoms with E-state index in [4.69, 9.17) is 0 Å². The molecule has 28 heavy (non-hydrogen) atoms. The Morgan fingerprint density at radius 1 is 0.964 bits per heavy atom. The van der Waals surface area contributed by atoms with Gasteiger partial charge in [0.15, 0.2) is 0 Å². The topological polar surface area (TPSA) is 82.3 Å². The summed E-state index contributed by atoms with van der Waals surface area (Å²) >= 11 is 0. The molecule has 2 aromatic carbocycles. The van der Waals surface area contributed by atoms with Crippen molar-refractivity contribution >= 4 is 11.8 Å². The first-order valence-electron chi connectivity index (χ1n) is 8.64. The lowest BCUT2D eigenvalue weighted by atomic mass is 10.0. The van der Waals surface area contributed by atoms with Gasteiger partial charge in [-0.15, -0.1) is 0 Å². The third-order valence-corrected chi connectivity index (χ3v) is 4.39. The molecule has 2 atom stereocenters. The molecule has 0 spiro atoms. The molecule has 3 rings (SSSR count). The zero-order valence-corrected chi connectivity index (χ0v) is 14.7. The van der Waals surface area contributed by atoms with Crippen LogP contribution in [-0.4, -0.2) is 17.9 Å². The van der Waals surface area contributed by atoms with Gasteiger partial charge >= 0.3 is 6.18 Å². The average molecular weight is 392 g/mol. The van der Waals surface area contributed by atoms with E-state index in [1.807, 2.05) is 30.3 Å². The third-order valence-electron chi connectivity index (χ3n) is 4.39. The van der Waals surface area contributed by atoms with Gasteiger partial charge in [-0.2, -0.15) is 13.2 Å². The molecule has 0 bridgehead atoms. The first-order chi connectivity index (χ1) is 13.3. The molecule has 2 unspecified atom stereocenters. The van der Waals surface area contributed by atoms with E-state index < -0.39 is 29.6 Å². The molecule has 4 N–H and O–H groups in total. The van der Waals surface area contributed by atoms with Gasteiger partial charge in [0, 0.05) is 6.04 Å². The van der Waals surface area contributed by atoms with Gasteiger partial charge in [0.2, 0.25) is 5.91 Å². The molecule has 6 nitrogen and oxygen atoms in total. The zero-order chi connectivity index (χ0) is 20.1. The Morgan fingerprint density at radius 3 is 2.29 bits per heavy atom. The van der Waals surface area contributed by atoms with E-state index in [1.54, 1.807) is 0 Å². The highest BCUT2D eigenvalue weighted by Gasteiger charge is 2.31. The molecule has 0 radical (unpaired) electrons. The van der Waals surface area contributed by atoms with Crippen LogP contribution in [0.15, 0.2) is 54.6 Å². The van der Waals surface area contributed by atoms with Crippen molar-refractivity contribution in [3.05, 3.63) is 71.3 Å². The number of carbonyl (C=O) groups excluding carboxylic acids is 2. The lowest BCUT2D eigenvalue weighted by molar-refractivity contribution is -0.137. The van der Waals surface area contributed by atoms with Crippen molar-refractivity contribution in [2.24, 2.45) is 0 Å². The Morgan fingerprint density at radius 2 is 1.64 bits per heavy atom. The van der Waals surface area contributed by atoms with Crippen LogP contribution in [0.5, 0.6) is 0 Å². The van der Waals surface area contributed by atoms with Crippen LogP contribution in [-0.2, 0) is 22.2 Å². The maximum absolute atomic E-state index is 12.5. The summed E-state index contributed by atoms with van der Waals surface area (Å²) in [5.74, 6) is -0.939. The summed E-state index contributed by atoms with van der Waals surface area (Å²) in [5.41, 5.74) is 11.2. The monoisotopic (exact) mass is 392 g/mol. The van der Waals surface area contributed by atoms with Gasteiger partial charge in [-0.1, -0.05) is 42.5 Å². The minimum atomic E-state index is -4.42. The van der Waals surface area contributed by atoms with Crippen molar-refractivity contribution in [2.45, 2.75) is 31.1 Å². The molecule has 0 aliphatic carbocycles. The molecule has 1 aliphatic rings. The second kappa shape index (κ2) is 8.41. The molecule has 1 heterocycles. The molecular weight excluding hydrogens is 373 g/mol. The molecule has 148 valence electrons. The highest BCUT2D eigenvalue weighted by atomic mass is 19.4. The Labute approximate surface area is 159 Å². The van der Waals surface area contributed by atoms with Gasteiger partial charge < -0.3 is 0 Å². The van der Waals surface area contributed by atoms with Crippen LogP contribution in [0.2, 0.25) is 0 Å². The summed E-state index contributed by atoms with van der Waals surface area (Å²) in [4.78, 5) is 24.1. The van der Waals surface area contributed by atoms with Crippen molar-refractivity contribution in [1.29, 1.82) is 0 Å². The molecule has 2 aromatic rings. The van der Waals surface area contributed by atoms with Crippen molar-refractivity contribution in [3.8, 4) is 0 Å². The first-order valence-corrected chi connectivity index (χ1v) is 8.64. The molecule has 9 heteroatoms. The summed E-state index contributed by atoms with van der Waals surface area (Å²) in [6.45, 7) is 0. The molecule has 1 saturated heterocycles. The zero-order valence-electron chi connectivity index (χ0n) is 14.7. The van der Waals surface area contributed by atoms with Crippen LogP contribution < -0.4 is 21.7 Å². The Balaban J connectivity index is 1.45. The van der Waals surface area contributed by atoms with Crippen LogP contribution in [0.3, 0.4) is 0 Å². The lowest BCUT2D eigenvalue weighted by Gasteiger charge is -2.12. The van der Waals surface area contributed by atoms with Gasteiger partial charge in [-0.05, 0) is 29.7 Å². The molecule has 0 saturated carbocycles. The second-order valence-electron chi connectivity index (χ2n) is 6.45. The van der Waals surface area contributed by atoms with E-state index in [9.17, 15) is 22.8 Å². The van der Waals surface area contributed by atoms with Crippen LogP contribution in [0.1, 0.15) is 29.2 Å². The summed E-state index contributed by atoms with van der Waals surface area (Å²) in [6, 6.07) is 13.4. The van der Waals surface area contributed by atoms with Crippen LogP contribution in [0.4, 0.5) is 13.2 Å². The number of rotatable bonds is 4. The van der Waals surface area contributed by atoms with E-state index in [0.29, 0.717) is 12.0 Å². The van der Waals surface area contributed by atoms with Gasteiger partial charge in [0.1, 0.15) is 6.04 Å². The molecule has 1 aliphatic heterocycles. The van der Waals surface area contributed by atoms with Crippen LogP contribution in [0.25, 0.3) is 0 Å². The van der Waals surface area contributed by atoms with E-state index in [2.05, 4.69) is 21.7 Å². The fourth-order valence-electron chi connectivity index (χ4n) is 2.89. The Bertz CT molecular complexity index is 825. The fourth-order valence-corrected chi connectivity index (χ4v) is 2.89. The largest absolute Gasteiger partial charge is 0.416 e. The van der Waals surface area contributed by atoms with Crippen LogP contribution in [0, 0.1) is 0 Å². The summed E-state index contributed by atoms with van der Waals surface area (Å²) in [7, 11) is 0. The predicted molar refractivity (Wildman–Crippen MR) is 95.3 cm³/mol. The maximum Gasteiger partial charge on any atom is 0.416 e. The van der Waals surface area contributed by atoms with Gasteiger partial charge in [0.25, 0.3) is 5.91 Å². The van der Waals surface area contributed by atoms with Crippen molar-refractivity contribution < 1.29 is 22.8 Å². The number of halogens is 3. The quantitative estimate of drug-likeness (QED) is 0.600. The molecule has 2 amide bonds. The summed E-state index contributed by atoms with van der Waals surface area (Å²) in [6.07, 6.45) is -4.07. The number of hydrazine groups is 2. The molecule has 0 aromatic heterocycles. The highest BCUT2D eigenvalue weighted by molar-refractivity contribution is 5.86. The highest BCUT2D eigenvalue weighted by Crippen LogP contribution is 2.29. The number of amides is 2. The summed E-state index contributed by atoms with van der Waals surface area (Å²) in [5, 5.41) is 0. The van der Waals surface area contributed by atoms with Gasteiger partial charge in [0.05, 0.1) is 12.0 Å². The normalized spacial score (nSPS) is 19.2. The Hall–Kier alpha value is -2.91. The van der Waals surface area contributed by atoms with E-state index in [1.165, 1.54) is 12.1 Å². The number of hydrogen-bond donors (Lipinski definition) is 4. The predicted octanol–water partition coefficient (Wildman–Crippen LogP) is 2.00. The van der Waals surface area contributed by atoms with Gasteiger partial charge in [-0.25, -0.2) is 10.9 Å². The Kier molecular flexibility index (Phi) is 5.96. The fraction of sp³-hybridized carbons (Fsp3) is 0.263. The number of hydrogen-bond acceptors (Lipinski definition) is 4.